The van der Waals surface area contributed by atoms with E-state index >= 15 is 0 Å². The minimum atomic E-state index is 1.11. The predicted molar refractivity (Wildman–Crippen MR) is 101 cm³/mol. The van der Waals surface area contributed by atoms with Crippen LogP contribution >= 0.6 is 0 Å². The molecule has 0 atom stereocenters. The van der Waals surface area contributed by atoms with Crippen LogP contribution in [0.3, 0.4) is 0 Å². The maximum absolute atomic E-state index is 3.61. The highest BCUT2D eigenvalue weighted by Crippen LogP contribution is 2.21. The van der Waals surface area contributed by atoms with E-state index in [0.29, 0.717) is 0 Å². The third-order valence-electron chi connectivity index (χ3n) is 4.90. The quantitative estimate of drug-likeness (QED) is 0.412. The van der Waals surface area contributed by atoms with Crippen molar-refractivity contribution in [1.29, 1.82) is 0 Å². The van der Waals surface area contributed by atoms with Crippen LogP contribution in [-0.4, -0.2) is 6.54 Å². The number of anilines is 1. The number of aryl methyl sites for hydroxylation is 1. The molecular formula is C21H37N. The number of unbranched alkanes of at least 4 members (excludes halogenated alkanes) is 9. The van der Waals surface area contributed by atoms with Crippen LogP contribution in [-0.2, 0) is 0 Å². The van der Waals surface area contributed by atoms with E-state index in [9.17, 15) is 0 Å². The molecule has 0 saturated heterocycles. The maximum atomic E-state index is 3.61. The molecule has 0 aliphatic heterocycles. The molecule has 0 heterocycles. The summed E-state index contributed by atoms with van der Waals surface area (Å²) < 4.78 is 0. The topological polar surface area (TPSA) is 12.0 Å². The van der Waals surface area contributed by atoms with Gasteiger partial charge in [0.05, 0.1) is 0 Å². The van der Waals surface area contributed by atoms with Crippen LogP contribution in [0.1, 0.15) is 87.8 Å². The molecule has 1 heteroatoms. The fourth-order valence-corrected chi connectivity index (χ4v) is 2.98. The van der Waals surface area contributed by atoms with Gasteiger partial charge in [-0.1, -0.05) is 70.8 Å². The molecule has 0 saturated carbocycles. The summed E-state index contributed by atoms with van der Waals surface area (Å²) in [5.41, 5.74) is 5.54. The molecule has 0 unspecified atom stereocenters. The van der Waals surface area contributed by atoms with Crippen LogP contribution in [0.25, 0.3) is 0 Å². The number of hydrogen-bond acceptors (Lipinski definition) is 1. The number of hydrogen-bond donors (Lipinski definition) is 1. The summed E-state index contributed by atoms with van der Waals surface area (Å²) in [6.07, 6.45) is 14.0. The van der Waals surface area contributed by atoms with Gasteiger partial charge in [-0.05, 0) is 49.9 Å². The Bertz CT molecular complexity index is 409. The summed E-state index contributed by atoms with van der Waals surface area (Å²) in [6.45, 7) is 10.0. The molecule has 22 heavy (non-hydrogen) atoms. The third kappa shape index (κ3) is 7.33. The molecule has 0 amide bonds. The SMILES string of the molecule is CCCCCCCCCCCCNc1ccc(C)c(C)c1C. The Morgan fingerprint density at radius 3 is 1.82 bits per heavy atom. The first-order valence-electron chi connectivity index (χ1n) is 9.47. The molecule has 0 spiro atoms. The Morgan fingerprint density at radius 1 is 0.682 bits per heavy atom. The minimum absolute atomic E-state index is 1.11. The van der Waals surface area contributed by atoms with Gasteiger partial charge in [0.15, 0.2) is 0 Å². The van der Waals surface area contributed by atoms with Crippen molar-refractivity contribution in [2.45, 2.75) is 91.9 Å². The molecule has 0 radical (unpaired) electrons. The molecular weight excluding hydrogens is 266 g/mol. The summed E-state index contributed by atoms with van der Waals surface area (Å²) in [5, 5.41) is 3.61. The van der Waals surface area contributed by atoms with Crippen molar-refractivity contribution >= 4 is 5.69 Å². The van der Waals surface area contributed by atoms with Gasteiger partial charge >= 0.3 is 0 Å². The highest BCUT2D eigenvalue weighted by molar-refractivity contribution is 5.55. The zero-order valence-corrected chi connectivity index (χ0v) is 15.4. The highest BCUT2D eigenvalue weighted by Gasteiger charge is 2.02. The summed E-state index contributed by atoms with van der Waals surface area (Å²) in [4.78, 5) is 0. The van der Waals surface area contributed by atoms with E-state index in [2.05, 4.69) is 45.1 Å². The van der Waals surface area contributed by atoms with E-state index in [4.69, 9.17) is 0 Å². The molecule has 0 bridgehead atoms. The number of nitrogens with one attached hydrogen (secondary N) is 1. The lowest BCUT2D eigenvalue weighted by molar-refractivity contribution is 0.560. The van der Waals surface area contributed by atoms with E-state index in [1.165, 1.54) is 86.6 Å². The number of benzene rings is 1. The van der Waals surface area contributed by atoms with Crippen molar-refractivity contribution in [2.24, 2.45) is 0 Å². The maximum Gasteiger partial charge on any atom is 0.0372 e. The summed E-state index contributed by atoms with van der Waals surface area (Å²) in [5.74, 6) is 0. The molecule has 1 rings (SSSR count). The van der Waals surface area contributed by atoms with Crippen molar-refractivity contribution in [3.8, 4) is 0 Å². The molecule has 0 aliphatic carbocycles. The van der Waals surface area contributed by atoms with Crippen molar-refractivity contribution < 1.29 is 0 Å². The van der Waals surface area contributed by atoms with Gasteiger partial charge < -0.3 is 5.32 Å². The average molecular weight is 304 g/mol. The first-order valence-corrected chi connectivity index (χ1v) is 9.47. The van der Waals surface area contributed by atoms with Gasteiger partial charge in [-0.2, -0.15) is 0 Å². The van der Waals surface area contributed by atoms with Crippen LogP contribution < -0.4 is 5.32 Å². The third-order valence-corrected chi connectivity index (χ3v) is 4.90. The minimum Gasteiger partial charge on any atom is -0.385 e. The van der Waals surface area contributed by atoms with Crippen LogP contribution in [0, 0.1) is 20.8 Å². The Kier molecular flexibility index (Phi) is 10.0. The highest BCUT2D eigenvalue weighted by atomic mass is 14.9. The van der Waals surface area contributed by atoms with Crippen molar-refractivity contribution in [3.63, 3.8) is 0 Å². The van der Waals surface area contributed by atoms with E-state index in [-0.39, 0.29) is 0 Å². The van der Waals surface area contributed by atoms with Crippen molar-refractivity contribution in [3.05, 3.63) is 28.8 Å². The van der Waals surface area contributed by atoms with E-state index in [1.54, 1.807) is 0 Å². The first-order chi connectivity index (χ1) is 10.7. The summed E-state index contributed by atoms with van der Waals surface area (Å²) in [7, 11) is 0. The average Bonchev–Trinajstić information content (AvgIpc) is 2.52. The second-order valence-corrected chi connectivity index (χ2v) is 6.79. The molecule has 0 fully saturated rings. The van der Waals surface area contributed by atoms with E-state index in [1.807, 2.05) is 0 Å². The molecule has 0 aromatic heterocycles. The van der Waals surface area contributed by atoms with E-state index < -0.39 is 0 Å². The Hall–Kier alpha value is -0.980. The zero-order chi connectivity index (χ0) is 16.2. The van der Waals surface area contributed by atoms with Gasteiger partial charge in [0.1, 0.15) is 0 Å². The van der Waals surface area contributed by atoms with E-state index in [0.717, 1.165) is 6.54 Å². The van der Waals surface area contributed by atoms with Crippen LogP contribution in [0.4, 0.5) is 5.69 Å². The van der Waals surface area contributed by atoms with Gasteiger partial charge in [-0.25, -0.2) is 0 Å². The Morgan fingerprint density at radius 2 is 1.23 bits per heavy atom. The predicted octanol–water partition coefficient (Wildman–Crippen LogP) is 6.94. The lowest BCUT2D eigenvalue weighted by Crippen LogP contribution is -2.04. The Balaban J connectivity index is 2.01. The Labute approximate surface area is 138 Å². The largest absolute Gasteiger partial charge is 0.385 e. The molecule has 1 nitrogen and oxygen atoms in total. The first kappa shape index (κ1) is 19.1. The van der Waals surface area contributed by atoms with Crippen LogP contribution in [0.15, 0.2) is 12.1 Å². The normalized spacial score (nSPS) is 10.9. The standard InChI is InChI=1S/C21H37N/c1-5-6-7-8-9-10-11-12-13-14-17-22-21-16-15-18(2)19(3)20(21)4/h15-16,22H,5-14,17H2,1-4H3. The second kappa shape index (κ2) is 11.6. The monoisotopic (exact) mass is 303 g/mol. The van der Waals surface area contributed by atoms with Crippen LogP contribution in [0.5, 0.6) is 0 Å². The smallest absolute Gasteiger partial charge is 0.0372 e. The van der Waals surface area contributed by atoms with Crippen molar-refractivity contribution in [2.75, 3.05) is 11.9 Å². The lowest BCUT2D eigenvalue weighted by Gasteiger charge is -2.13. The summed E-state index contributed by atoms with van der Waals surface area (Å²) >= 11 is 0. The zero-order valence-electron chi connectivity index (χ0n) is 15.4. The molecule has 1 aromatic carbocycles. The fourth-order valence-electron chi connectivity index (χ4n) is 2.98. The molecule has 1 N–H and O–H groups in total. The molecule has 126 valence electrons. The van der Waals surface area contributed by atoms with Gasteiger partial charge in [-0.15, -0.1) is 0 Å². The van der Waals surface area contributed by atoms with Gasteiger partial charge in [-0.3, -0.25) is 0 Å². The van der Waals surface area contributed by atoms with Crippen LogP contribution in [0.2, 0.25) is 0 Å². The fraction of sp³-hybridized carbons (Fsp3) is 0.714. The van der Waals surface area contributed by atoms with Gasteiger partial charge in [0.25, 0.3) is 0 Å². The molecule has 1 aromatic rings. The van der Waals surface area contributed by atoms with Gasteiger partial charge in [0.2, 0.25) is 0 Å². The van der Waals surface area contributed by atoms with Crippen molar-refractivity contribution in [1.82, 2.24) is 0 Å². The molecule has 0 aliphatic rings. The lowest BCUT2D eigenvalue weighted by atomic mass is 10.0. The number of rotatable bonds is 12. The summed E-state index contributed by atoms with van der Waals surface area (Å²) in [6, 6.07) is 4.46. The van der Waals surface area contributed by atoms with Gasteiger partial charge in [0, 0.05) is 12.2 Å². The second-order valence-electron chi connectivity index (χ2n) is 6.79.